The van der Waals surface area contributed by atoms with Crippen LogP contribution < -0.4 is 4.90 Å². The Balaban J connectivity index is 2.13. The molecule has 3 rings (SSSR count). The fourth-order valence-electron chi connectivity index (χ4n) is 2.77. The number of rotatable bonds is 1. The molecule has 1 atom stereocenters. The number of likely N-dealkylation sites (N-methyl/N-ethyl adjacent to an activating group) is 1. The van der Waals surface area contributed by atoms with Crippen molar-refractivity contribution in [3.8, 4) is 0 Å². The van der Waals surface area contributed by atoms with E-state index < -0.39 is 12.1 Å². The van der Waals surface area contributed by atoms with E-state index in [-0.39, 0.29) is 5.91 Å². The van der Waals surface area contributed by atoms with E-state index in [0.29, 0.717) is 6.42 Å². The highest BCUT2D eigenvalue weighted by atomic mass is 16.5. The average Bonchev–Trinajstić information content (AvgIpc) is 2.43. The second-order valence-electron chi connectivity index (χ2n) is 4.99. The molecule has 2 aromatic rings. The van der Waals surface area contributed by atoms with Gasteiger partial charge in [0.2, 0.25) is 0 Å². The fourth-order valence-corrected chi connectivity index (χ4v) is 2.77. The van der Waals surface area contributed by atoms with Crippen molar-refractivity contribution in [1.82, 2.24) is 0 Å². The molecule has 1 amide bonds. The molecule has 2 aromatic carbocycles. The van der Waals surface area contributed by atoms with Crippen LogP contribution in [-0.4, -0.2) is 25.0 Å². The first-order chi connectivity index (χ1) is 9.58. The summed E-state index contributed by atoms with van der Waals surface area (Å²) < 4.78 is 5.11. The number of benzene rings is 2. The average molecular weight is 269 g/mol. The molecule has 4 heteroatoms. The zero-order valence-electron chi connectivity index (χ0n) is 11.4. The van der Waals surface area contributed by atoms with Gasteiger partial charge in [-0.1, -0.05) is 36.4 Å². The molecule has 20 heavy (non-hydrogen) atoms. The predicted octanol–water partition coefficient (Wildman–Crippen LogP) is 2.29. The molecule has 0 radical (unpaired) electrons. The summed E-state index contributed by atoms with van der Waals surface area (Å²) in [5.41, 5.74) is 1.94. The van der Waals surface area contributed by atoms with E-state index >= 15 is 0 Å². The van der Waals surface area contributed by atoms with Crippen molar-refractivity contribution in [3.63, 3.8) is 0 Å². The summed E-state index contributed by atoms with van der Waals surface area (Å²) in [6.45, 7) is 1.32. The lowest BCUT2D eigenvalue weighted by molar-refractivity contribution is -0.152. The maximum absolute atomic E-state index is 12.3. The van der Waals surface area contributed by atoms with E-state index in [4.69, 9.17) is 4.74 Å². The summed E-state index contributed by atoms with van der Waals surface area (Å²) in [5.74, 6) is -0.606. The lowest BCUT2D eigenvalue weighted by Crippen LogP contribution is -2.44. The van der Waals surface area contributed by atoms with Crippen LogP contribution in [0, 0.1) is 0 Å². The van der Waals surface area contributed by atoms with Gasteiger partial charge in [0.15, 0.2) is 6.10 Å². The van der Waals surface area contributed by atoms with Crippen LogP contribution in [0.25, 0.3) is 10.8 Å². The first-order valence-electron chi connectivity index (χ1n) is 6.53. The van der Waals surface area contributed by atoms with Gasteiger partial charge < -0.3 is 9.64 Å². The molecule has 1 aliphatic heterocycles. The summed E-state index contributed by atoms with van der Waals surface area (Å²) in [6.07, 6.45) is -0.283. The number of ether oxygens (including phenoxy) is 1. The minimum absolute atomic E-state index is 0.177. The van der Waals surface area contributed by atoms with E-state index in [2.05, 4.69) is 0 Å². The van der Waals surface area contributed by atoms with Crippen molar-refractivity contribution < 1.29 is 14.3 Å². The molecule has 1 aliphatic rings. The first kappa shape index (κ1) is 12.7. The quantitative estimate of drug-likeness (QED) is 0.746. The largest absolute Gasteiger partial charge is 0.452 e. The van der Waals surface area contributed by atoms with E-state index in [1.807, 2.05) is 36.4 Å². The molecule has 0 aromatic heterocycles. The van der Waals surface area contributed by atoms with E-state index in [0.717, 1.165) is 22.0 Å². The summed E-state index contributed by atoms with van der Waals surface area (Å²) >= 11 is 0. The van der Waals surface area contributed by atoms with Crippen molar-refractivity contribution in [3.05, 3.63) is 42.0 Å². The summed E-state index contributed by atoms with van der Waals surface area (Å²) in [5, 5.41) is 2.14. The zero-order valence-corrected chi connectivity index (χ0v) is 11.4. The molecule has 4 nitrogen and oxygen atoms in total. The molecule has 0 bridgehead atoms. The molecular formula is C16H15NO3. The minimum atomic E-state index is -0.717. The Kier molecular flexibility index (Phi) is 2.93. The van der Waals surface area contributed by atoms with Crippen LogP contribution >= 0.6 is 0 Å². The van der Waals surface area contributed by atoms with Crippen LogP contribution in [-0.2, 0) is 20.7 Å². The zero-order chi connectivity index (χ0) is 14.3. The number of nitrogens with zero attached hydrogens (tertiary/aromatic N) is 1. The van der Waals surface area contributed by atoms with Crippen molar-refractivity contribution >= 4 is 28.3 Å². The molecule has 102 valence electrons. The van der Waals surface area contributed by atoms with Gasteiger partial charge in [-0.05, 0) is 10.9 Å². The number of anilines is 1. The third kappa shape index (κ3) is 1.93. The van der Waals surface area contributed by atoms with Gasteiger partial charge >= 0.3 is 5.97 Å². The molecule has 0 aliphatic carbocycles. The number of carbonyl (C=O) groups is 2. The number of amides is 1. The van der Waals surface area contributed by atoms with Crippen LogP contribution in [0.5, 0.6) is 0 Å². The molecule has 0 saturated heterocycles. The van der Waals surface area contributed by atoms with Gasteiger partial charge in [-0.3, -0.25) is 9.59 Å². The second kappa shape index (κ2) is 4.63. The summed E-state index contributed by atoms with van der Waals surface area (Å²) in [7, 11) is 1.73. The standard InChI is InChI=1S/C16H15NO3/c1-10(18)20-14-9-12-8-7-11-5-3-4-6-13(11)15(12)17(2)16(14)19/h3-8,14H,9H2,1-2H3. The van der Waals surface area contributed by atoms with Gasteiger partial charge in [0.1, 0.15) is 0 Å². The third-order valence-corrected chi connectivity index (χ3v) is 3.64. The number of carbonyl (C=O) groups excluding carboxylic acids is 2. The third-order valence-electron chi connectivity index (χ3n) is 3.64. The SMILES string of the molecule is CC(=O)OC1Cc2ccc3ccccc3c2N(C)C1=O. The lowest BCUT2D eigenvalue weighted by atomic mass is 9.95. The highest BCUT2D eigenvalue weighted by molar-refractivity contribution is 6.08. The number of fused-ring (bicyclic) bond motifs is 3. The number of hydrogen-bond donors (Lipinski definition) is 0. The summed E-state index contributed by atoms with van der Waals surface area (Å²) in [6, 6.07) is 12.0. The van der Waals surface area contributed by atoms with Crippen molar-refractivity contribution in [1.29, 1.82) is 0 Å². The molecule has 1 unspecified atom stereocenters. The van der Waals surface area contributed by atoms with Gasteiger partial charge in [0.05, 0.1) is 5.69 Å². The van der Waals surface area contributed by atoms with Crippen molar-refractivity contribution in [2.45, 2.75) is 19.4 Å². The first-order valence-corrected chi connectivity index (χ1v) is 6.53. The molecule has 0 spiro atoms. The minimum Gasteiger partial charge on any atom is -0.452 e. The van der Waals surface area contributed by atoms with E-state index in [1.165, 1.54) is 6.92 Å². The Hall–Kier alpha value is -2.36. The normalized spacial score (nSPS) is 18.0. The van der Waals surface area contributed by atoms with Gasteiger partial charge in [-0.2, -0.15) is 0 Å². The number of hydrogen-bond acceptors (Lipinski definition) is 3. The van der Waals surface area contributed by atoms with Crippen molar-refractivity contribution in [2.75, 3.05) is 11.9 Å². The molecule has 0 saturated carbocycles. The molecule has 0 N–H and O–H groups in total. The maximum atomic E-state index is 12.3. The molecular weight excluding hydrogens is 254 g/mol. The number of esters is 1. The Morgan fingerprint density at radius 2 is 2.00 bits per heavy atom. The summed E-state index contributed by atoms with van der Waals surface area (Å²) in [4.78, 5) is 25.0. The monoisotopic (exact) mass is 269 g/mol. The van der Waals surface area contributed by atoms with Crippen LogP contribution in [0.15, 0.2) is 36.4 Å². The fraction of sp³-hybridized carbons (Fsp3) is 0.250. The topological polar surface area (TPSA) is 46.6 Å². The van der Waals surface area contributed by atoms with Crippen LogP contribution in [0.4, 0.5) is 5.69 Å². The molecule has 1 heterocycles. The predicted molar refractivity (Wildman–Crippen MR) is 76.6 cm³/mol. The van der Waals surface area contributed by atoms with Gasteiger partial charge in [0, 0.05) is 25.8 Å². The maximum Gasteiger partial charge on any atom is 0.303 e. The van der Waals surface area contributed by atoms with Gasteiger partial charge in [-0.15, -0.1) is 0 Å². The lowest BCUT2D eigenvalue weighted by Gasteiger charge is -2.32. The van der Waals surface area contributed by atoms with Crippen LogP contribution in [0.3, 0.4) is 0 Å². The second-order valence-corrected chi connectivity index (χ2v) is 4.99. The Bertz CT molecular complexity index is 708. The van der Waals surface area contributed by atoms with Gasteiger partial charge in [0.25, 0.3) is 5.91 Å². The molecule has 0 fully saturated rings. The van der Waals surface area contributed by atoms with Gasteiger partial charge in [-0.25, -0.2) is 0 Å². The highest BCUT2D eigenvalue weighted by Gasteiger charge is 2.33. The highest BCUT2D eigenvalue weighted by Crippen LogP contribution is 2.35. The van der Waals surface area contributed by atoms with E-state index in [1.54, 1.807) is 11.9 Å². The smallest absolute Gasteiger partial charge is 0.303 e. The Morgan fingerprint density at radius 1 is 1.25 bits per heavy atom. The van der Waals surface area contributed by atoms with Crippen LogP contribution in [0.1, 0.15) is 12.5 Å². The Morgan fingerprint density at radius 3 is 2.75 bits per heavy atom. The Labute approximate surface area is 116 Å². The van der Waals surface area contributed by atoms with Crippen molar-refractivity contribution in [2.24, 2.45) is 0 Å². The van der Waals surface area contributed by atoms with Crippen LogP contribution in [0.2, 0.25) is 0 Å². The van der Waals surface area contributed by atoms with E-state index in [9.17, 15) is 9.59 Å².